The van der Waals surface area contributed by atoms with Crippen LogP contribution in [0.25, 0.3) is 0 Å². The third-order valence-electron chi connectivity index (χ3n) is 2.17. The summed E-state index contributed by atoms with van der Waals surface area (Å²) >= 11 is 0. The average Bonchev–Trinajstić information content (AvgIpc) is 2.20. The van der Waals surface area contributed by atoms with Crippen molar-refractivity contribution < 1.29 is 18.3 Å². The van der Waals surface area contributed by atoms with Crippen molar-refractivity contribution in [3.8, 4) is 5.75 Å². The van der Waals surface area contributed by atoms with E-state index in [9.17, 15) is 13.6 Å². The second-order valence-electron chi connectivity index (χ2n) is 3.82. The third-order valence-corrected chi connectivity index (χ3v) is 2.17. The first-order valence-corrected chi connectivity index (χ1v) is 5.05. The number of hydrogen-bond acceptors (Lipinski definition) is 2. The zero-order valence-electron chi connectivity index (χ0n) is 9.24. The van der Waals surface area contributed by atoms with Crippen LogP contribution in [0.15, 0.2) is 24.3 Å². The fraction of sp³-hybridized carbons (Fsp3) is 0.417. The van der Waals surface area contributed by atoms with Gasteiger partial charge in [0, 0.05) is 12.3 Å². The van der Waals surface area contributed by atoms with Crippen LogP contribution < -0.4 is 4.74 Å². The number of Topliss-reactive ketones (excluding diaryl/α,β-unsaturated/α-hetero) is 1. The van der Waals surface area contributed by atoms with Crippen molar-refractivity contribution in [1.82, 2.24) is 0 Å². The number of ether oxygens (including phenoxy) is 1. The van der Waals surface area contributed by atoms with Gasteiger partial charge in [0.25, 0.3) is 0 Å². The number of hydrogen-bond donors (Lipinski definition) is 0. The lowest BCUT2D eigenvalue weighted by Crippen LogP contribution is -2.10. The Bertz CT molecular complexity index is 345. The summed E-state index contributed by atoms with van der Waals surface area (Å²) in [5.74, 6) is 0.218. The van der Waals surface area contributed by atoms with Crippen LogP contribution in [0, 0.1) is 5.92 Å². The average molecular weight is 228 g/mol. The summed E-state index contributed by atoms with van der Waals surface area (Å²) in [6.07, 6.45) is 0.326. The van der Waals surface area contributed by atoms with E-state index in [4.69, 9.17) is 0 Å². The van der Waals surface area contributed by atoms with Gasteiger partial charge in [0.2, 0.25) is 0 Å². The molecule has 0 amide bonds. The lowest BCUT2D eigenvalue weighted by molar-refractivity contribution is -0.121. The van der Waals surface area contributed by atoms with Crippen molar-refractivity contribution in [1.29, 1.82) is 0 Å². The van der Waals surface area contributed by atoms with Gasteiger partial charge in [0.1, 0.15) is 11.5 Å². The van der Waals surface area contributed by atoms with Crippen LogP contribution in [0.5, 0.6) is 5.75 Å². The topological polar surface area (TPSA) is 26.3 Å². The van der Waals surface area contributed by atoms with Crippen LogP contribution in [-0.2, 0) is 11.2 Å². The minimum absolute atomic E-state index is 0.0167. The standard InChI is InChI=1S/C12H14F2O2/c1-8(2)11(15)7-9-3-5-10(6-4-9)16-12(13)14/h3-6,8,12H,7H2,1-2H3. The summed E-state index contributed by atoms with van der Waals surface area (Å²) in [5, 5.41) is 0. The SMILES string of the molecule is CC(C)C(=O)Cc1ccc(OC(F)F)cc1. The fourth-order valence-corrected chi connectivity index (χ4v) is 1.19. The zero-order chi connectivity index (χ0) is 12.1. The number of alkyl halides is 2. The van der Waals surface area contributed by atoms with E-state index in [0.29, 0.717) is 6.42 Å². The highest BCUT2D eigenvalue weighted by molar-refractivity contribution is 5.82. The van der Waals surface area contributed by atoms with E-state index in [1.54, 1.807) is 12.1 Å². The molecule has 0 aromatic heterocycles. The van der Waals surface area contributed by atoms with E-state index in [1.165, 1.54) is 12.1 Å². The van der Waals surface area contributed by atoms with Gasteiger partial charge in [-0.05, 0) is 17.7 Å². The molecule has 0 radical (unpaired) electrons. The van der Waals surface area contributed by atoms with Gasteiger partial charge in [-0.25, -0.2) is 0 Å². The highest BCUT2D eigenvalue weighted by atomic mass is 19.3. The fourth-order valence-electron chi connectivity index (χ4n) is 1.19. The first-order valence-electron chi connectivity index (χ1n) is 5.05. The third kappa shape index (κ3) is 3.96. The number of benzene rings is 1. The largest absolute Gasteiger partial charge is 0.435 e. The normalized spacial score (nSPS) is 10.9. The van der Waals surface area contributed by atoms with E-state index in [-0.39, 0.29) is 17.5 Å². The Morgan fingerprint density at radius 2 is 1.81 bits per heavy atom. The smallest absolute Gasteiger partial charge is 0.387 e. The van der Waals surface area contributed by atoms with E-state index < -0.39 is 6.61 Å². The molecule has 0 bridgehead atoms. The molecule has 0 atom stereocenters. The molecule has 4 heteroatoms. The summed E-state index contributed by atoms with van der Waals surface area (Å²) in [7, 11) is 0. The van der Waals surface area contributed by atoms with Crippen LogP contribution in [0.2, 0.25) is 0 Å². The van der Waals surface area contributed by atoms with Crippen LogP contribution in [-0.4, -0.2) is 12.4 Å². The maximum absolute atomic E-state index is 11.9. The van der Waals surface area contributed by atoms with Gasteiger partial charge in [-0.2, -0.15) is 8.78 Å². The molecule has 0 heterocycles. The van der Waals surface area contributed by atoms with Crippen LogP contribution in [0.3, 0.4) is 0 Å². The van der Waals surface area contributed by atoms with Crippen molar-refractivity contribution in [3.05, 3.63) is 29.8 Å². The quantitative estimate of drug-likeness (QED) is 0.774. The van der Waals surface area contributed by atoms with Crippen molar-refractivity contribution in [2.45, 2.75) is 26.9 Å². The van der Waals surface area contributed by atoms with Crippen molar-refractivity contribution in [2.75, 3.05) is 0 Å². The molecule has 0 N–H and O–H groups in total. The first kappa shape index (κ1) is 12.6. The molecule has 88 valence electrons. The number of carbonyl (C=O) groups is 1. The predicted octanol–water partition coefficient (Wildman–Crippen LogP) is 3.06. The highest BCUT2D eigenvalue weighted by Gasteiger charge is 2.09. The Balaban J connectivity index is 2.61. The number of rotatable bonds is 5. The molecule has 0 saturated carbocycles. The molecule has 1 aromatic rings. The van der Waals surface area contributed by atoms with Crippen molar-refractivity contribution in [2.24, 2.45) is 5.92 Å². The summed E-state index contributed by atoms with van der Waals surface area (Å²) in [6.45, 7) is 0.843. The van der Waals surface area contributed by atoms with Gasteiger partial charge in [0.05, 0.1) is 0 Å². The monoisotopic (exact) mass is 228 g/mol. The van der Waals surface area contributed by atoms with E-state index in [1.807, 2.05) is 13.8 Å². The molecule has 0 saturated heterocycles. The van der Waals surface area contributed by atoms with Crippen LogP contribution in [0.1, 0.15) is 19.4 Å². The molecule has 0 aliphatic carbocycles. The molecular weight excluding hydrogens is 214 g/mol. The number of carbonyl (C=O) groups excluding carboxylic acids is 1. The predicted molar refractivity (Wildman–Crippen MR) is 56.6 cm³/mol. The minimum atomic E-state index is -2.82. The molecule has 0 unspecified atom stereocenters. The maximum Gasteiger partial charge on any atom is 0.387 e. The van der Waals surface area contributed by atoms with Gasteiger partial charge in [0.15, 0.2) is 0 Å². The van der Waals surface area contributed by atoms with Crippen LogP contribution >= 0.6 is 0 Å². The van der Waals surface area contributed by atoms with Crippen molar-refractivity contribution >= 4 is 5.78 Å². The number of halogens is 2. The second kappa shape index (κ2) is 5.58. The number of ketones is 1. The molecule has 0 aliphatic heterocycles. The van der Waals surface area contributed by atoms with Gasteiger partial charge < -0.3 is 4.74 Å². The lowest BCUT2D eigenvalue weighted by atomic mass is 10.0. The molecule has 16 heavy (non-hydrogen) atoms. The van der Waals surface area contributed by atoms with E-state index in [0.717, 1.165) is 5.56 Å². The molecule has 0 aliphatic rings. The Kier molecular flexibility index (Phi) is 4.40. The summed E-state index contributed by atoms with van der Waals surface area (Å²) in [6, 6.07) is 6.13. The second-order valence-corrected chi connectivity index (χ2v) is 3.82. The van der Waals surface area contributed by atoms with Gasteiger partial charge in [-0.3, -0.25) is 4.79 Å². The van der Waals surface area contributed by atoms with Gasteiger partial charge in [-0.15, -0.1) is 0 Å². The van der Waals surface area contributed by atoms with Gasteiger partial charge >= 0.3 is 6.61 Å². The zero-order valence-corrected chi connectivity index (χ0v) is 9.24. The minimum Gasteiger partial charge on any atom is -0.435 e. The highest BCUT2D eigenvalue weighted by Crippen LogP contribution is 2.15. The molecule has 1 rings (SSSR count). The molecular formula is C12H14F2O2. The summed E-state index contributed by atoms with van der Waals surface area (Å²) in [4.78, 5) is 11.4. The lowest BCUT2D eigenvalue weighted by Gasteiger charge is -2.06. The Labute approximate surface area is 93.2 Å². The summed E-state index contributed by atoms with van der Waals surface area (Å²) in [5.41, 5.74) is 0.806. The Morgan fingerprint density at radius 3 is 2.25 bits per heavy atom. The van der Waals surface area contributed by atoms with E-state index in [2.05, 4.69) is 4.74 Å². The molecule has 0 fully saturated rings. The van der Waals surface area contributed by atoms with Gasteiger partial charge in [-0.1, -0.05) is 26.0 Å². The van der Waals surface area contributed by atoms with Crippen molar-refractivity contribution in [3.63, 3.8) is 0 Å². The molecule has 2 nitrogen and oxygen atoms in total. The Morgan fingerprint density at radius 1 is 1.25 bits per heavy atom. The Hall–Kier alpha value is -1.45. The van der Waals surface area contributed by atoms with Crippen LogP contribution in [0.4, 0.5) is 8.78 Å². The molecule has 0 spiro atoms. The first-order chi connectivity index (χ1) is 7.49. The maximum atomic E-state index is 11.9. The summed E-state index contributed by atoms with van der Waals surface area (Å²) < 4.78 is 27.9. The molecule has 1 aromatic carbocycles. The van der Waals surface area contributed by atoms with E-state index >= 15 is 0 Å².